The fourth-order valence-corrected chi connectivity index (χ4v) is 3.92. The minimum atomic E-state index is -3.35. The van der Waals surface area contributed by atoms with E-state index in [1.165, 1.54) is 0 Å². The van der Waals surface area contributed by atoms with E-state index in [-0.39, 0.29) is 17.7 Å². The molecule has 1 heterocycles. The Bertz CT molecular complexity index is 1020. The number of carbonyl (C=O) groups is 1. The first-order valence-electron chi connectivity index (χ1n) is 9.40. The Hall–Kier alpha value is -2.67. The molecule has 0 aromatic heterocycles. The van der Waals surface area contributed by atoms with Crippen molar-refractivity contribution in [2.24, 2.45) is 5.10 Å². The lowest BCUT2D eigenvalue weighted by Crippen LogP contribution is -2.26. The standard InChI is InChI=1S/C21H25N3O3S/c1-4-21(25)24-20(18-12-7-6-9-15(18)3)14-19(22-24)16-10-8-11-17(13-16)23-28(26,27)5-2/h6-13,20,23H,4-5,14H2,1-3H3/t20-/m1/s1. The summed E-state index contributed by atoms with van der Waals surface area (Å²) in [4.78, 5) is 12.5. The highest BCUT2D eigenvalue weighted by Gasteiger charge is 2.33. The van der Waals surface area contributed by atoms with E-state index >= 15 is 0 Å². The molecule has 0 unspecified atom stereocenters. The van der Waals surface area contributed by atoms with Crippen LogP contribution in [0, 0.1) is 6.92 Å². The molecule has 0 spiro atoms. The molecule has 148 valence electrons. The van der Waals surface area contributed by atoms with E-state index in [0.29, 0.717) is 18.5 Å². The number of amides is 1. The van der Waals surface area contributed by atoms with Gasteiger partial charge in [-0.25, -0.2) is 13.4 Å². The lowest BCUT2D eigenvalue weighted by molar-refractivity contribution is -0.132. The number of anilines is 1. The number of hydrazone groups is 1. The molecule has 1 aliphatic heterocycles. The molecule has 7 heteroatoms. The van der Waals surface area contributed by atoms with E-state index in [9.17, 15) is 13.2 Å². The second kappa shape index (κ2) is 8.14. The van der Waals surface area contributed by atoms with Crippen molar-refractivity contribution in [3.63, 3.8) is 0 Å². The van der Waals surface area contributed by atoms with Gasteiger partial charge in [-0.1, -0.05) is 43.3 Å². The molecule has 1 N–H and O–H groups in total. The molecule has 0 aliphatic carbocycles. The summed E-state index contributed by atoms with van der Waals surface area (Å²) in [5.41, 5.74) is 4.26. The van der Waals surface area contributed by atoms with Crippen LogP contribution < -0.4 is 4.72 Å². The van der Waals surface area contributed by atoms with Gasteiger partial charge in [0, 0.05) is 18.5 Å². The molecule has 0 saturated carbocycles. The minimum absolute atomic E-state index is 0.00626. The number of rotatable bonds is 6. The molecule has 0 saturated heterocycles. The number of hydrogen-bond acceptors (Lipinski definition) is 4. The maximum absolute atomic E-state index is 12.5. The number of hydrogen-bond donors (Lipinski definition) is 1. The molecule has 0 bridgehead atoms. The zero-order chi connectivity index (χ0) is 20.3. The molecule has 2 aromatic carbocycles. The first kappa shape index (κ1) is 20.1. The zero-order valence-corrected chi connectivity index (χ0v) is 17.2. The van der Waals surface area contributed by atoms with Gasteiger partial charge in [0.1, 0.15) is 0 Å². The molecule has 0 radical (unpaired) electrons. The van der Waals surface area contributed by atoms with Gasteiger partial charge in [0.25, 0.3) is 0 Å². The predicted octanol–water partition coefficient (Wildman–Crippen LogP) is 3.84. The second-order valence-corrected chi connectivity index (χ2v) is 8.81. The van der Waals surface area contributed by atoms with Crippen LogP contribution >= 0.6 is 0 Å². The second-order valence-electron chi connectivity index (χ2n) is 6.80. The quantitative estimate of drug-likeness (QED) is 0.801. The van der Waals surface area contributed by atoms with Crippen LogP contribution in [0.2, 0.25) is 0 Å². The Kier molecular flexibility index (Phi) is 5.84. The number of sulfonamides is 1. The molecular weight excluding hydrogens is 374 g/mol. The van der Waals surface area contributed by atoms with Gasteiger partial charge in [0.15, 0.2) is 0 Å². The van der Waals surface area contributed by atoms with Crippen molar-refractivity contribution < 1.29 is 13.2 Å². The summed E-state index contributed by atoms with van der Waals surface area (Å²) in [5.74, 6) is -0.0298. The summed E-state index contributed by atoms with van der Waals surface area (Å²) in [6.45, 7) is 5.45. The first-order valence-corrected chi connectivity index (χ1v) is 11.1. The first-order chi connectivity index (χ1) is 13.3. The predicted molar refractivity (Wildman–Crippen MR) is 112 cm³/mol. The van der Waals surface area contributed by atoms with Crippen LogP contribution in [0.25, 0.3) is 0 Å². The SMILES string of the molecule is CCC(=O)N1N=C(c2cccc(NS(=O)(=O)CC)c2)C[C@@H]1c1ccccc1C. The molecular formula is C21H25N3O3S. The number of benzene rings is 2. The molecule has 1 aliphatic rings. The van der Waals surface area contributed by atoms with Crippen molar-refractivity contribution in [2.75, 3.05) is 10.5 Å². The lowest BCUT2D eigenvalue weighted by atomic mass is 9.95. The van der Waals surface area contributed by atoms with Crippen molar-refractivity contribution in [3.8, 4) is 0 Å². The van der Waals surface area contributed by atoms with Gasteiger partial charge in [-0.3, -0.25) is 9.52 Å². The van der Waals surface area contributed by atoms with Crippen molar-refractivity contribution >= 4 is 27.3 Å². The van der Waals surface area contributed by atoms with E-state index in [0.717, 1.165) is 22.4 Å². The molecule has 6 nitrogen and oxygen atoms in total. The van der Waals surface area contributed by atoms with Gasteiger partial charge in [0.2, 0.25) is 15.9 Å². The monoisotopic (exact) mass is 399 g/mol. The lowest BCUT2D eigenvalue weighted by Gasteiger charge is -2.23. The van der Waals surface area contributed by atoms with Crippen LogP contribution in [0.3, 0.4) is 0 Å². The fraction of sp³-hybridized carbons (Fsp3) is 0.333. The van der Waals surface area contributed by atoms with Crippen LogP contribution in [0.1, 0.15) is 49.4 Å². The topological polar surface area (TPSA) is 78.8 Å². The third-order valence-electron chi connectivity index (χ3n) is 4.86. The fourth-order valence-electron chi connectivity index (χ4n) is 3.29. The molecule has 0 fully saturated rings. The van der Waals surface area contributed by atoms with E-state index < -0.39 is 10.0 Å². The Morgan fingerprint density at radius 2 is 1.93 bits per heavy atom. The van der Waals surface area contributed by atoms with E-state index in [4.69, 9.17) is 0 Å². The minimum Gasteiger partial charge on any atom is -0.284 e. The van der Waals surface area contributed by atoms with Gasteiger partial charge in [-0.2, -0.15) is 5.10 Å². The number of nitrogens with zero attached hydrogens (tertiary/aromatic N) is 2. The Morgan fingerprint density at radius 3 is 2.61 bits per heavy atom. The van der Waals surface area contributed by atoms with Crippen LogP contribution in [-0.2, 0) is 14.8 Å². The van der Waals surface area contributed by atoms with Crippen LogP contribution in [0.5, 0.6) is 0 Å². The van der Waals surface area contributed by atoms with Crippen molar-refractivity contribution in [1.29, 1.82) is 0 Å². The van der Waals surface area contributed by atoms with Gasteiger partial charge < -0.3 is 0 Å². The average Bonchev–Trinajstić information content (AvgIpc) is 3.13. The van der Waals surface area contributed by atoms with Gasteiger partial charge in [-0.15, -0.1) is 0 Å². The van der Waals surface area contributed by atoms with E-state index in [2.05, 4.69) is 9.82 Å². The normalized spacial score (nSPS) is 16.8. The van der Waals surface area contributed by atoms with Crippen molar-refractivity contribution in [3.05, 3.63) is 65.2 Å². The largest absolute Gasteiger partial charge is 0.284 e. The van der Waals surface area contributed by atoms with E-state index in [1.54, 1.807) is 30.1 Å². The summed E-state index contributed by atoms with van der Waals surface area (Å²) >= 11 is 0. The molecule has 1 amide bonds. The van der Waals surface area contributed by atoms with Crippen LogP contribution in [-0.4, -0.2) is 30.8 Å². The van der Waals surface area contributed by atoms with Crippen LogP contribution in [0.4, 0.5) is 5.69 Å². The summed E-state index contributed by atoms with van der Waals surface area (Å²) in [5, 5.41) is 6.18. The smallest absolute Gasteiger partial charge is 0.242 e. The third kappa shape index (κ3) is 4.25. The third-order valence-corrected chi connectivity index (χ3v) is 6.17. The van der Waals surface area contributed by atoms with E-state index in [1.807, 2.05) is 44.2 Å². The Balaban J connectivity index is 1.95. The average molecular weight is 400 g/mol. The van der Waals surface area contributed by atoms with Crippen LogP contribution in [0.15, 0.2) is 53.6 Å². The summed E-state index contributed by atoms with van der Waals surface area (Å²) in [6.07, 6.45) is 0.954. The molecule has 2 aromatic rings. The van der Waals surface area contributed by atoms with Crippen molar-refractivity contribution in [2.45, 2.75) is 39.7 Å². The highest BCUT2D eigenvalue weighted by atomic mass is 32.2. The zero-order valence-electron chi connectivity index (χ0n) is 16.3. The highest BCUT2D eigenvalue weighted by Crippen LogP contribution is 2.35. The summed E-state index contributed by atoms with van der Waals surface area (Å²) < 4.78 is 26.3. The van der Waals surface area contributed by atoms with Gasteiger partial charge in [0.05, 0.1) is 17.5 Å². The number of carbonyl (C=O) groups excluding carboxylic acids is 1. The number of aryl methyl sites for hydroxylation is 1. The molecule has 28 heavy (non-hydrogen) atoms. The summed E-state index contributed by atoms with van der Waals surface area (Å²) in [6, 6.07) is 15.0. The van der Waals surface area contributed by atoms with Gasteiger partial charge in [-0.05, 0) is 42.7 Å². The maximum atomic E-state index is 12.5. The molecule has 1 atom stereocenters. The highest BCUT2D eigenvalue weighted by molar-refractivity contribution is 7.92. The Labute approximate surface area is 166 Å². The molecule has 3 rings (SSSR count). The summed E-state index contributed by atoms with van der Waals surface area (Å²) in [7, 11) is -3.35. The van der Waals surface area contributed by atoms with Crippen molar-refractivity contribution in [1.82, 2.24) is 5.01 Å². The van der Waals surface area contributed by atoms with Gasteiger partial charge >= 0.3 is 0 Å². The maximum Gasteiger partial charge on any atom is 0.242 e. The number of nitrogens with one attached hydrogen (secondary N) is 1. The Morgan fingerprint density at radius 1 is 1.18 bits per heavy atom.